The van der Waals surface area contributed by atoms with Gasteiger partial charge in [-0.25, -0.2) is 0 Å². The number of amides is 1. The molecule has 3 aliphatic rings. The minimum Gasteiger partial charge on any atom is -0.326 e. The predicted octanol–water partition coefficient (Wildman–Crippen LogP) is 5.13. The zero-order valence-corrected chi connectivity index (χ0v) is 15.7. The lowest BCUT2D eigenvalue weighted by molar-refractivity contribution is -0.121. The second-order valence-corrected chi connectivity index (χ2v) is 7.75. The molecule has 0 aliphatic heterocycles. The average Bonchev–Trinajstić information content (AvgIpc) is 2.74. The van der Waals surface area contributed by atoms with Gasteiger partial charge < -0.3 is 5.32 Å². The maximum Gasteiger partial charge on any atom is 0.228 e. The van der Waals surface area contributed by atoms with Crippen LogP contribution in [0.1, 0.15) is 57.8 Å². The van der Waals surface area contributed by atoms with Crippen LogP contribution in [0, 0.1) is 5.92 Å². The van der Waals surface area contributed by atoms with Crippen LogP contribution in [0.25, 0.3) is 0 Å². The third kappa shape index (κ3) is 2.58. The summed E-state index contributed by atoms with van der Waals surface area (Å²) in [5.74, 6) is 0.342. The van der Waals surface area contributed by atoms with Gasteiger partial charge >= 0.3 is 0 Å². The van der Waals surface area contributed by atoms with Crippen LogP contribution in [0.4, 0.5) is 5.69 Å². The van der Waals surface area contributed by atoms with Crippen molar-refractivity contribution in [2.45, 2.75) is 25.2 Å². The number of nitrogens with one attached hydrogen (secondary N) is 1. The van der Waals surface area contributed by atoms with Gasteiger partial charge in [0.2, 0.25) is 5.91 Å². The molecule has 28 heavy (non-hydrogen) atoms. The van der Waals surface area contributed by atoms with E-state index >= 15 is 0 Å². The molecule has 6 rings (SSSR count). The third-order valence-electron chi connectivity index (χ3n) is 6.20. The number of rotatable bonds is 3. The number of hydrogen-bond donors (Lipinski definition) is 1. The molecule has 0 saturated carbocycles. The van der Waals surface area contributed by atoms with E-state index < -0.39 is 0 Å². The highest BCUT2D eigenvalue weighted by Gasteiger charge is 2.45. The van der Waals surface area contributed by atoms with E-state index in [2.05, 4.69) is 53.8 Å². The molecule has 138 valence electrons. The minimum absolute atomic E-state index is 0.0238. The fourth-order valence-corrected chi connectivity index (χ4v) is 4.92. The number of hydrogen-bond acceptors (Lipinski definition) is 2. The van der Waals surface area contributed by atoms with Crippen molar-refractivity contribution in [3.8, 4) is 0 Å². The number of Topliss-reactive ketones (excluding diaryl/α,β-unsaturated/α-hetero) is 1. The smallest absolute Gasteiger partial charge is 0.228 e. The number of ketones is 1. The van der Waals surface area contributed by atoms with Crippen molar-refractivity contribution in [1.82, 2.24) is 0 Å². The number of carbonyl (C=O) groups is 2. The van der Waals surface area contributed by atoms with Crippen molar-refractivity contribution in [1.29, 1.82) is 0 Å². The first-order valence-corrected chi connectivity index (χ1v) is 9.73. The maximum absolute atomic E-state index is 13.2. The Morgan fingerprint density at radius 1 is 0.786 bits per heavy atom. The monoisotopic (exact) mass is 367 g/mol. The van der Waals surface area contributed by atoms with Gasteiger partial charge in [-0.1, -0.05) is 48.5 Å². The van der Waals surface area contributed by atoms with E-state index in [0.29, 0.717) is 5.56 Å². The molecule has 0 spiro atoms. The molecule has 3 nitrogen and oxygen atoms in total. The van der Waals surface area contributed by atoms with Crippen molar-refractivity contribution < 1.29 is 9.59 Å². The SMILES string of the molecule is CC(=O)c1ccc(NC(=O)C2CC3c4ccccc4C2c2ccccc23)cc1. The van der Waals surface area contributed by atoms with E-state index in [4.69, 9.17) is 0 Å². The van der Waals surface area contributed by atoms with Crippen LogP contribution in [-0.4, -0.2) is 11.7 Å². The fraction of sp³-hybridized carbons (Fsp3) is 0.200. The van der Waals surface area contributed by atoms with Crippen molar-refractivity contribution in [3.63, 3.8) is 0 Å². The lowest BCUT2D eigenvalue weighted by Gasteiger charge is -2.44. The highest BCUT2D eigenvalue weighted by atomic mass is 16.2. The standard InChI is InChI=1S/C25H21NO2/c1-15(27)16-10-12-17(13-11-16)26-25(28)23-14-22-18-6-2-4-8-20(18)24(23)21-9-5-3-7-19(21)22/h2-13,22-24H,14H2,1H3,(H,26,28). The third-order valence-corrected chi connectivity index (χ3v) is 6.20. The molecule has 1 amide bonds. The van der Waals surface area contributed by atoms with Gasteiger partial charge in [0.25, 0.3) is 0 Å². The number of fused-ring (bicyclic) bond motifs is 1. The molecule has 2 bridgehead atoms. The van der Waals surface area contributed by atoms with Crippen LogP contribution >= 0.6 is 0 Å². The molecule has 1 atom stereocenters. The van der Waals surface area contributed by atoms with Gasteiger partial charge in [0.05, 0.1) is 5.92 Å². The summed E-state index contributed by atoms with van der Waals surface area (Å²) in [6, 6.07) is 24.2. The number of benzene rings is 3. The first kappa shape index (κ1) is 16.9. The molecule has 0 heterocycles. The van der Waals surface area contributed by atoms with Crippen LogP contribution in [0.3, 0.4) is 0 Å². The summed E-state index contributed by atoms with van der Waals surface area (Å²) < 4.78 is 0. The number of anilines is 1. The van der Waals surface area contributed by atoms with Crippen LogP contribution < -0.4 is 5.32 Å². The van der Waals surface area contributed by atoms with E-state index in [1.807, 2.05) is 0 Å². The Labute approximate surface area is 164 Å². The quantitative estimate of drug-likeness (QED) is 0.653. The van der Waals surface area contributed by atoms with Gasteiger partial charge in [0.1, 0.15) is 0 Å². The van der Waals surface area contributed by atoms with Crippen LogP contribution in [0.5, 0.6) is 0 Å². The Balaban J connectivity index is 1.48. The van der Waals surface area contributed by atoms with Crippen LogP contribution in [-0.2, 0) is 4.79 Å². The van der Waals surface area contributed by atoms with Gasteiger partial charge in [-0.05, 0) is 59.9 Å². The number of carbonyl (C=O) groups excluding carboxylic acids is 2. The second-order valence-electron chi connectivity index (χ2n) is 7.75. The van der Waals surface area contributed by atoms with Gasteiger partial charge in [-0.2, -0.15) is 0 Å². The highest BCUT2D eigenvalue weighted by Crippen LogP contribution is 2.55. The molecule has 0 fully saturated rings. The summed E-state index contributed by atoms with van der Waals surface area (Å²) in [5.41, 5.74) is 6.67. The zero-order chi connectivity index (χ0) is 19.3. The molecule has 1 N–H and O–H groups in total. The van der Waals surface area contributed by atoms with Gasteiger partial charge in [-0.15, -0.1) is 0 Å². The van der Waals surface area contributed by atoms with E-state index in [9.17, 15) is 9.59 Å². The van der Waals surface area contributed by atoms with Crippen molar-refractivity contribution in [2.75, 3.05) is 5.32 Å². The molecule has 3 aromatic rings. The second kappa shape index (κ2) is 6.45. The Kier molecular flexibility index (Phi) is 3.90. The Hall–Kier alpha value is -3.20. The van der Waals surface area contributed by atoms with E-state index in [-0.39, 0.29) is 29.4 Å². The first-order chi connectivity index (χ1) is 13.6. The summed E-state index contributed by atoms with van der Waals surface area (Å²) >= 11 is 0. The molecule has 3 heteroatoms. The molecule has 0 saturated heterocycles. The summed E-state index contributed by atoms with van der Waals surface area (Å²) in [5, 5.41) is 3.07. The lowest BCUT2D eigenvalue weighted by atomic mass is 9.59. The van der Waals surface area contributed by atoms with Crippen LogP contribution in [0.15, 0.2) is 72.8 Å². The fourth-order valence-electron chi connectivity index (χ4n) is 4.92. The molecule has 0 radical (unpaired) electrons. The first-order valence-electron chi connectivity index (χ1n) is 9.73. The molecule has 3 aromatic carbocycles. The molecule has 1 unspecified atom stereocenters. The van der Waals surface area contributed by atoms with Gasteiger partial charge in [0.15, 0.2) is 5.78 Å². The summed E-state index contributed by atoms with van der Waals surface area (Å²) in [4.78, 5) is 24.7. The maximum atomic E-state index is 13.2. The van der Waals surface area contributed by atoms with E-state index in [0.717, 1.165) is 12.1 Å². The Bertz CT molecular complexity index is 1040. The van der Waals surface area contributed by atoms with Gasteiger partial charge in [-0.3, -0.25) is 9.59 Å². The summed E-state index contributed by atoms with van der Waals surface area (Å²) in [7, 11) is 0. The normalized spacial score (nSPS) is 21.5. The van der Waals surface area contributed by atoms with Crippen molar-refractivity contribution in [2.24, 2.45) is 5.92 Å². The molecule has 3 aliphatic carbocycles. The highest BCUT2D eigenvalue weighted by molar-refractivity contribution is 5.97. The molecular weight excluding hydrogens is 346 g/mol. The van der Waals surface area contributed by atoms with Crippen molar-refractivity contribution >= 4 is 17.4 Å². The van der Waals surface area contributed by atoms with E-state index in [1.165, 1.54) is 22.3 Å². The summed E-state index contributed by atoms with van der Waals surface area (Å²) in [6.07, 6.45) is 0.829. The van der Waals surface area contributed by atoms with Crippen molar-refractivity contribution in [3.05, 3.63) is 101 Å². The topological polar surface area (TPSA) is 46.2 Å². The Morgan fingerprint density at radius 2 is 1.32 bits per heavy atom. The van der Waals surface area contributed by atoms with Crippen LogP contribution in [0.2, 0.25) is 0 Å². The Morgan fingerprint density at radius 3 is 1.86 bits per heavy atom. The zero-order valence-electron chi connectivity index (χ0n) is 15.7. The van der Waals surface area contributed by atoms with Gasteiger partial charge in [0, 0.05) is 23.1 Å². The average molecular weight is 367 g/mol. The largest absolute Gasteiger partial charge is 0.326 e. The molecule has 0 aromatic heterocycles. The molecular formula is C25H21NO2. The predicted molar refractivity (Wildman–Crippen MR) is 110 cm³/mol. The summed E-state index contributed by atoms with van der Waals surface area (Å²) in [6.45, 7) is 1.54. The van der Waals surface area contributed by atoms with E-state index in [1.54, 1.807) is 31.2 Å². The lowest BCUT2D eigenvalue weighted by Crippen LogP contribution is -2.38. The minimum atomic E-state index is -0.0951.